The Labute approximate surface area is 130 Å². The number of carbonyl (C=O) groups excluding carboxylic acids is 1. The number of amides is 1. The zero-order valence-corrected chi connectivity index (χ0v) is 13.2. The lowest BCUT2D eigenvalue weighted by molar-refractivity contribution is -0.138. The normalized spacial score (nSPS) is 15.3. The lowest BCUT2D eigenvalue weighted by Crippen LogP contribution is -2.42. The maximum Gasteiger partial charge on any atom is 0.323 e. The van der Waals surface area contributed by atoms with Crippen molar-refractivity contribution < 1.29 is 14.7 Å². The molecule has 0 spiro atoms. The van der Waals surface area contributed by atoms with Crippen LogP contribution in [0.4, 0.5) is 0 Å². The molecule has 0 aliphatic heterocycles. The van der Waals surface area contributed by atoms with Crippen molar-refractivity contribution >= 4 is 39.4 Å². The summed E-state index contributed by atoms with van der Waals surface area (Å²) in [7, 11) is 0. The van der Waals surface area contributed by atoms with E-state index in [1.807, 2.05) is 0 Å². The summed E-state index contributed by atoms with van der Waals surface area (Å²) >= 11 is 9.24. The molecule has 0 aromatic heterocycles. The van der Waals surface area contributed by atoms with E-state index in [1.165, 1.54) is 4.90 Å². The van der Waals surface area contributed by atoms with E-state index in [2.05, 4.69) is 15.9 Å². The molecule has 1 aliphatic rings. The largest absolute Gasteiger partial charge is 0.480 e. The van der Waals surface area contributed by atoms with Crippen LogP contribution in [-0.4, -0.2) is 34.5 Å². The fraction of sp³-hybridized carbons (Fsp3) is 0.429. The third kappa shape index (κ3) is 3.73. The Kier molecular flexibility index (Phi) is 5.05. The second kappa shape index (κ2) is 6.59. The second-order valence-electron chi connectivity index (χ2n) is 4.92. The number of carboxylic acid groups (broad SMARTS) is 1. The highest BCUT2D eigenvalue weighted by Gasteiger charge is 2.29. The van der Waals surface area contributed by atoms with Crippen molar-refractivity contribution in [2.45, 2.75) is 31.7 Å². The molecule has 1 N–H and O–H groups in total. The molecule has 1 aliphatic carbocycles. The molecule has 1 fully saturated rings. The zero-order valence-electron chi connectivity index (χ0n) is 10.8. The Morgan fingerprint density at radius 2 is 1.95 bits per heavy atom. The van der Waals surface area contributed by atoms with Crippen LogP contribution in [-0.2, 0) is 4.79 Å². The van der Waals surface area contributed by atoms with Crippen molar-refractivity contribution in [1.29, 1.82) is 0 Å². The van der Waals surface area contributed by atoms with Gasteiger partial charge in [-0.25, -0.2) is 0 Å². The summed E-state index contributed by atoms with van der Waals surface area (Å²) in [5.74, 6) is -1.27. The average Bonchev–Trinajstić information content (AvgIpc) is 2.87. The number of benzene rings is 1. The Hall–Kier alpha value is -1.07. The number of rotatable bonds is 4. The Bertz CT molecular complexity index is 509. The summed E-state index contributed by atoms with van der Waals surface area (Å²) in [4.78, 5) is 25.0. The molecule has 1 saturated carbocycles. The van der Waals surface area contributed by atoms with Gasteiger partial charge in [0.05, 0.1) is 0 Å². The van der Waals surface area contributed by atoms with Gasteiger partial charge >= 0.3 is 5.97 Å². The molecule has 1 aromatic carbocycles. The van der Waals surface area contributed by atoms with Crippen LogP contribution >= 0.6 is 27.5 Å². The van der Waals surface area contributed by atoms with Gasteiger partial charge < -0.3 is 10.0 Å². The monoisotopic (exact) mass is 359 g/mol. The Morgan fingerprint density at radius 1 is 1.30 bits per heavy atom. The predicted octanol–water partition coefficient (Wildman–Crippen LogP) is 3.57. The van der Waals surface area contributed by atoms with Crippen LogP contribution in [0, 0.1) is 0 Å². The third-order valence-corrected chi connectivity index (χ3v) is 4.12. The summed E-state index contributed by atoms with van der Waals surface area (Å²) < 4.78 is 0.704. The molecular weight excluding hydrogens is 346 g/mol. The highest BCUT2D eigenvalue weighted by molar-refractivity contribution is 9.10. The topological polar surface area (TPSA) is 57.6 Å². The van der Waals surface area contributed by atoms with E-state index in [1.54, 1.807) is 18.2 Å². The predicted molar refractivity (Wildman–Crippen MR) is 80.1 cm³/mol. The molecule has 0 saturated heterocycles. The third-order valence-electron chi connectivity index (χ3n) is 3.44. The Balaban J connectivity index is 2.26. The fourth-order valence-electron chi connectivity index (χ4n) is 2.57. The van der Waals surface area contributed by atoms with Crippen LogP contribution in [0.25, 0.3) is 0 Å². The van der Waals surface area contributed by atoms with Gasteiger partial charge in [0, 0.05) is 21.1 Å². The Morgan fingerprint density at radius 3 is 2.50 bits per heavy atom. The van der Waals surface area contributed by atoms with Gasteiger partial charge in [0.25, 0.3) is 5.91 Å². The number of carboxylic acids is 1. The first-order chi connectivity index (χ1) is 9.47. The van der Waals surface area contributed by atoms with Crippen molar-refractivity contribution in [3.63, 3.8) is 0 Å². The van der Waals surface area contributed by atoms with Gasteiger partial charge in [-0.1, -0.05) is 40.4 Å². The maximum atomic E-state index is 12.6. The van der Waals surface area contributed by atoms with E-state index in [0.717, 1.165) is 25.7 Å². The van der Waals surface area contributed by atoms with Crippen LogP contribution in [0.2, 0.25) is 5.02 Å². The molecule has 0 radical (unpaired) electrons. The number of aliphatic carboxylic acids is 1. The summed E-state index contributed by atoms with van der Waals surface area (Å²) in [6.07, 6.45) is 3.79. The summed E-state index contributed by atoms with van der Waals surface area (Å²) in [5, 5.41) is 9.47. The highest BCUT2D eigenvalue weighted by Crippen LogP contribution is 2.26. The summed E-state index contributed by atoms with van der Waals surface area (Å²) in [5.41, 5.74) is 0.414. The van der Waals surface area contributed by atoms with Gasteiger partial charge in [-0.3, -0.25) is 9.59 Å². The van der Waals surface area contributed by atoms with Gasteiger partial charge in [-0.15, -0.1) is 0 Å². The number of hydrogen-bond donors (Lipinski definition) is 1. The quantitative estimate of drug-likeness (QED) is 0.893. The van der Waals surface area contributed by atoms with E-state index in [4.69, 9.17) is 16.7 Å². The van der Waals surface area contributed by atoms with Gasteiger partial charge in [0.2, 0.25) is 0 Å². The van der Waals surface area contributed by atoms with Crippen LogP contribution < -0.4 is 0 Å². The van der Waals surface area contributed by atoms with E-state index < -0.39 is 5.97 Å². The summed E-state index contributed by atoms with van der Waals surface area (Å²) in [6, 6.07) is 4.93. The minimum atomic E-state index is -0.994. The van der Waals surface area contributed by atoms with Gasteiger partial charge in [0.15, 0.2) is 0 Å². The molecule has 6 heteroatoms. The van der Waals surface area contributed by atoms with Crippen molar-refractivity contribution in [3.8, 4) is 0 Å². The average molecular weight is 361 g/mol. The van der Waals surface area contributed by atoms with E-state index in [9.17, 15) is 9.59 Å². The molecule has 108 valence electrons. The second-order valence-corrected chi connectivity index (χ2v) is 6.28. The SMILES string of the molecule is O=C(O)CN(C(=O)c1cc(Cl)cc(Br)c1)C1CCCC1. The molecule has 1 amide bonds. The number of nitrogens with zero attached hydrogens (tertiary/aromatic N) is 1. The molecular formula is C14H15BrClNO3. The smallest absolute Gasteiger partial charge is 0.323 e. The molecule has 4 nitrogen and oxygen atoms in total. The molecule has 0 bridgehead atoms. The zero-order chi connectivity index (χ0) is 14.7. The van der Waals surface area contributed by atoms with Crippen molar-refractivity contribution in [3.05, 3.63) is 33.3 Å². The summed E-state index contributed by atoms with van der Waals surface area (Å²) in [6.45, 7) is -0.270. The van der Waals surface area contributed by atoms with E-state index >= 15 is 0 Å². The van der Waals surface area contributed by atoms with Crippen molar-refractivity contribution in [2.24, 2.45) is 0 Å². The van der Waals surface area contributed by atoms with Crippen LogP contribution in [0.3, 0.4) is 0 Å². The molecule has 1 aromatic rings. The molecule has 0 heterocycles. The van der Waals surface area contributed by atoms with Gasteiger partial charge in [0.1, 0.15) is 6.54 Å². The molecule has 0 unspecified atom stereocenters. The lowest BCUT2D eigenvalue weighted by Gasteiger charge is -2.27. The van der Waals surface area contributed by atoms with Crippen LogP contribution in [0.5, 0.6) is 0 Å². The first-order valence-corrected chi connectivity index (χ1v) is 7.63. The van der Waals surface area contributed by atoms with Crippen LogP contribution in [0.1, 0.15) is 36.0 Å². The molecule has 20 heavy (non-hydrogen) atoms. The van der Waals surface area contributed by atoms with Crippen molar-refractivity contribution in [1.82, 2.24) is 4.90 Å². The van der Waals surface area contributed by atoms with Gasteiger partial charge in [-0.05, 0) is 31.0 Å². The van der Waals surface area contributed by atoms with Crippen molar-refractivity contribution in [2.75, 3.05) is 6.54 Å². The minimum absolute atomic E-state index is 0.0105. The lowest BCUT2D eigenvalue weighted by atomic mass is 10.1. The molecule has 2 rings (SSSR count). The van der Waals surface area contributed by atoms with E-state index in [-0.39, 0.29) is 18.5 Å². The number of carbonyl (C=O) groups is 2. The number of hydrogen-bond acceptors (Lipinski definition) is 2. The first kappa shape index (κ1) is 15.3. The highest BCUT2D eigenvalue weighted by atomic mass is 79.9. The van der Waals surface area contributed by atoms with Gasteiger partial charge in [-0.2, -0.15) is 0 Å². The first-order valence-electron chi connectivity index (χ1n) is 6.46. The van der Waals surface area contributed by atoms with E-state index in [0.29, 0.717) is 15.1 Å². The maximum absolute atomic E-state index is 12.6. The standard InChI is InChI=1S/C14H15BrClNO3/c15-10-5-9(6-11(16)7-10)14(20)17(8-13(18)19)12-3-1-2-4-12/h5-7,12H,1-4,8H2,(H,18,19). The van der Waals surface area contributed by atoms with Crippen LogP contribution in [0.15, 0.2) is 22.7 Å². The minimum Gasteiger partial charge on any atom is -0.480 e. The number of halogens is 2. The fourth-order valence-corrected chi connectivity index (χ4v) is 3.43. The molecule has 0 atom stereocenters.